The lowest BCUT2D eigenvalue weighted by Crippen LogP contribution is -2.33. The molecule has 0 bridgehead atoms. The van der Waals surface area contributed by atoms with Gasteiger partial charge in [-0.15, -0.1) is 0 Å². The van der Waals surface area contributed by atoms with Crippen LogP contribution in [0.2, 0.25) is 0 Å². The van der Waals surface area contributed by atoms with Crippen LogP contribution in [0.1, 0.15) is 56.1 Å². The first-order chi connectivity index (χ1) is 20.1. The lowest BCUT2D eigenvalue weighted by molar-refractivity contribution is 0.0525. The smallest absolute Gasteiger partial charge is 0.407 e. The number of unbranched alkanes of at least 4 members (excludes halogenated alkanes) is 2. The van der Waals surface area contributed by atoms with Crippen molar-refractivity contribution < 1.29 is 40.1 Å². The zero-order chi connectivity index (χ0) is 32.0. The molecule has 15 heteroatoms. The minimum atomic E-state index is -4.44. The molecule has 43 heavy (non-hydrogen) atoms. The highest BCUT2D eigenvalue weighted by Gasteiger charge is 2.31. The van der Waals surface area contributed by atoms with Crippen LogP contribution in [0.4, 0.5) is 10.6 Å². The number of pyridine rings is 2. The molecule has 1 aromatic carbocycles. The molecule has 0 saturated heterocycles. The summed E-state index contributed by atoms with van der Waals surface area (Å²) in [6, 6.07) is 8.90. The molecule has 0 aliphatic rings. The molecule has 3 rings (SSSR count). The van der Waals surface area contributed by atoms with Crippen molar-refractivity contribution in [2.24, 2.45) is 0 Å². The predicted molar refractivity (Wildman–Crippen MR) is 160 cm³/mol. The molecule has 0 radical (unpaired) electrons. The summed E-state index contributed by atoms with van der Waals surface area (Å²) >= 11 is 0. The van der Waals surface area contributed by atoms with Crippen molar-refractivity contribution in [3.63, 3.8) is 0 Å². The van der Waals surface area contributed by atoms with Gasteiger partial charge in [-0.2, -0.15) is 8.42 Å². The Morgan fingerprint density at radius 3 is 2.30 bits per heavy atom. The van der Waals surface area contributed by atoms with Crippen molar-refractivity contribution in [1.29, 1.82) is 0 Å². The minimum absolute atomic E-state index is 0.0983. The second-order valence-electron chi connectivity index (χ2n) is 10.6. The highest BCUT2D eigenvalue weighted by atomic mass is 32.2. The molecule has 0 spiro atoms. The van der Waals surface area contributed by atoms with Gasteiger partial charge in [0.15, 0.2) is 11.5 Å². The number of aromatic nitrogens is 2. The molecule has 234 valence electrons. The number of alkyl carbamates (subject to hydrolysis) is 1. The Kier molecular flexibility index (Phi) is 10.6. The summed E-state index contributed by atoms with van der Waals surface area (Å²) in [4.78, 5) is 32.8. The van der Waals surface area contributed by atoms with Gasteiger partial charge in [-0.1, -0.05) is 24.1 Å². The van der Waals surface area contributed by atoms with Crippen molar-refractivity contribution >= 4 is 48.9 Å². The monoisotopic (exact) mass is 636 g/mol. The number of hydrogen-bond donors (Lipinski definition) is 1. The number of benzene rings is 1. The van der Waals surface area contributed by atoms with E-state index in [-0.39, 0.29) is 33.8 Å². The number of aryl methyl sites for hydroxylation is 1. The van der Waals surface area contributed by atoms with Gasteiger partial charge in [-0.3, -0.25) is 9.29 Å². The van der Waals surface area contributed by atoms with Crippen LogP contribution < -0.4 is 13.8 Å². The number of nitrogens with one attached hydrogen (secondary N) is 1. The number of carbonyl (C=O) groups is 2. The summed E-state index contributed by atoms with van der Waals surface area (Å²) in [7, 11) is -6.04. The average molecular weight is 637 g/mol. The van der Waals surface area contributed by atoms with Crippen molar-refractivity contribution in [2.45, 2.75) is 57.5 Å². The van der Waals surface area contributed by atoms with Gasteiger partial charge in [0.1, 0.15) is 16.0 Å². The van der Waals surface area contributed by atoms with Crippen molar-refractivity contribution in [1.82, 2.24) is 15.3 Å². The Labute approximate surface area is 251 Å². The molecule has 2 heterocycles. The van der Waals surface area contributed by atoms with Crippen molar-refractivity contribution in [3.05, 3.63) is 53.9 Å². The Balaban J connectivity index is 1.86. The molecule has 1 N–H and O–H groups in total. The summed E-state index contributed by atoms with van der Waals surface area (Å²) in [5, 5.41) is 2.76. The molecule has 0 aliphatic carbocycles. The first-order valence-electron chi connectivity index (χ1n) is 13.4. The van der Waals surface area contributed by atoms with E-state index in [2.05, 4.69) is 15.3 Å². The molecule has 0 fully saturated rings. The van der Waals surface area contributed by atoms with Crippen LogP contribution in [0.3, 0.4) is 0 Å². The molecule has 0 unspecified atom stereocenters. The van der Waals surface area contributed by atoms with Gasteiger partial charge >= 0.3 is 22.2 Å². The maximum Gasteiger partial charge on any atom is 0.407 e. The van der Waals surface area contributed by atoms with E-state index in [9.17, 15) is 26.4 Å². The van der Waals surface area contributed by atoms with E-state index in [0.717, 1.165) is 17.0 Å². The zero-order valence-corrected chi connectivity index (χ0v) is 26.5. The zero-order valence-electron chi connectivity index (χ0n) is 24.9. The maximum absolute atomic E-state index is 13.3. The molecule has 3 aromatic rings. The average Bonchev–Trinajstić information content (AvgIpc) is 2.93. The van der Waals surface area contributed by atoms with Gasteiger partial charge in [0.25, 0.3) is 0 Å². The summed E-state index contributed by atoms with van der Waals surface area (Å²) < 4.78 is 69.1. The third-order valence-corrected chi connectivity index (χ3v) is 9.09. The Hall–Kier alpha value is -3.98. The Bertz CT molecular complexity index is 1690. The summed E-state index contributed by atoms with van der Waals surface area (Å²) in [5.41, 5.74) is -0.452. The molecular formula is C28H36N4O9S2. The van der Waals surface area contributed by atoms with Gasteiger partial charge in [0.05, 0.1) is 12.9 Å². The van der Waals surface area contributed by atoms with Crippen LogP contribution in [-0.2, 0) is 29.6 Å². The van der Waals surface area contributed by atoms with Gasteiger partial charge in [-0.05, 0) is 64.8 Å². The molecule has 2 aromatic heterocycles. The number of ether oxygens (including phenoxy) is 2. The van der Waals surface area contributed by atoms with Crippen molar-refractivity contribution in [2.75, 3.05) is 30.8 Å². The second kappa shape index (κ2) is 13.5. The van der Waals surface area contributed by atoms with Crippen LogP contribution in [0.15, 0.2) is 47.5 Å². The van der Waals surface area contributed by atoms with Crippen LogP contribution in [0, 0.1) is 6.92 Å². The van der Waals surface area contributed by atoms with Crippen LogP contribution in [0.25, 0.3) is 10.9 Å². The fraction of sp³-hybridized carbons (Fsp3) is 0.429. The lowest BCUT2D eigenvalue weighted by Gasteiger charge is -2.22. The number of amides is 1. The number of fused-ring (bicyclic) bond motifs is 1. The number of carbonyl (C=O) groups excluding carboxylic acids is 2. The third kappa shape index (κ3) is 8.76. The van der Waals surface area contributed by atoms with Gasteiger partial charge in [0, 0.05) is 25.2 Å². The second-order valence-corrected chi connectivity index (χ2v) is 14.3. The Morgan fingerprint density at radius 2 is 1.67 bits per heavy atom. The third-order valence-electron chi connectivity index (χ3n) is 6.04. The molecule has 0 saturated carbocycles. The fourth-order valence-corrected chi connectivity index (χ4v) is 6.06. The summed E-state index contributed by atoms with van der Waals surface area (Å²) in [6.07, 6.45) is 2.09. The number of sulfonamides is 1. The SMILES string of the molecule is COC(=O)c1nc(N(C)S(=O)(=O)CCCCCNC(=O)OC(C)(C)C)c2cccnc2c1OS(=O)(=O)c1ccc(C)cc1. The van der Waals surface area contributed by atoms with E-state index in [0.29, 0.717) is 19.4 Å². The van der Waals surface area contributed by atoms with Gasteiger partial charge < -0.3 is 19.0 Å². The maximum atomic E-state index is 13.3. The van der Waals surface area contributed by atoms with E-state index in [4.69, 9.17) is 13.7 Å². The highest BCUT2D eigenvalue weighted by Crippen LogP contribution is 2.36. The number of hydrogen-bond acceptors (Lipinski definition) is 11. The minimum Gasteiger partial charge on any atom is -0.464 e. The molecule has 0 atom stereocenters. The molecule has 1 amide bonds. The number of rotatable bonds is 12. The fourth-order valence-electron chi connectivity index (χ4n) is 3.87. The normalized spacial score (nSPS) is 12.0. The number of anilines is 1. The lowest BCUT2D eigenvalue weighted by atomic mass is 10.2. The van der Waals surface area contributed by atoms with Crippen LogP contribution >= 0.6 is 0 Å². The largest absolute Gasteiger partial charge is 0.464 e. The quantitative estimate of drug-likeness (QED) is 0.173. The highest BCUT2D eigenvalue weighted by molar-refractivity contribution is 7.92. The summed E-state index contributed by atoms with van der Waals surface area (Å²) in [5.74, 6) is -1.95. The van der Waals surface area contributed by atoms with E-state index < -0.39 is 49.2 Å². The number of esters is 1. The van der Waals surface area contributed by atoms with Crippen LogP contribution in [-0.4, -0.2) is 70.9 Å². The first-order valence-corrected chi connectivity index (χ1v) is 16.4. The van der Waals surface area contributed by atoms with E-state index in [1.807, 2.05) is 0 Å². The molecule has 13 nitrogen and oxygen atoms in total. The van der Waals surface area contributed by atoms with Gasteiger partial charge in [0.2, 0.25) is 15.8 Å². The topological polar surface area (TPSA) is 171 Å². The summed E-state index contributed by atoms with van der Waals surface area (Å²) in [6.45, 7) is 7.37. The van der Waals surface area contributed by atoms with E-state index in [1.165, 1.54) is 37.5 Å². The molecular weight excluding hydrogens is 600 g/mol. The van der Waals surface area contributed by atoms with E-state index >= 15 is 0 Å². The predicted octanol–water partition coefficient (Wildman–Crippen LogP) is 3.95. The molecule has 0 aliphatic heterocycles. The number of methoxy groups -OCH3 is 1. The van der Waals surface area contributed by atoms with Gasteiger partial charge in [-0.25, -0.2) is 23.0 Å². The first kappa shape index (κ1) is 33.5. The standard InChI is InChI=1S/C28H36N4O9S2/c1-19-12-14-20(15-13-19)43(37,38)41-24-22-21(11-10-17-29-22)25(31-23(24)26(33)39-6)32(5)42(35,36)18-9-7-8-16-30-27(34)40-28(2,3)4/h10-15,17H,7-9,16,18H2,1-6H3,(H,30,34). The van der Waals surface area contributed by atoms with Crippen molar-refractivity contribution in [3.8, 4) is 5.75 Å². The Morgan fingerprint density at radius 1 is 1.00 bits per heavy atom. The number of nitrogens with zero attached hydrogens (tertiary/aromatic N) is 3. The van der Waals surface area contributed by atoms with E-state index in [1.54, 1.807) is 39.8 Å². The van der Waals surface area contributed by atoms with Crippen LogP contribution in [0.5, 0.6) is 5.75 Å².